The molecule has 0 unspecified atom stereocenters. The van der Waals surface area contributed by atoms with Gasteiger partial charge in [-0.15, -0.1) is 0 Å². The van der Waals surface area contributed by atoms with Gasteiger partial charge in [0.05, 0.1) is 26.0 Å². The number of sulfonamides is 1. The maximum absolute atomic E-state index is 12.4. The predicted molar refractivity (Wildman–Crippen MR) is 117 cm³/mol. The van der Waals surface area contributed by atoms with Gasteiger partial charge in [-0.3, -0.25) is 4.79 Å². The van der Waals surface area contributed by atoms with E-state index in [0.29, 0.717) is 24.7 Å². The number of ether oxygens (including phenoxy) is 2. The first-order valence-electron chi connectivity index (χ1n) is 9.88. The Kier molecular flexibility index (Phi) is 8.68. The van der Waals surface area contributed by atoms with Gasteiger partial charge < -0.3 is 14.8 Å². The van der Waals surface area contributed by atoms with Crippen molar-refractivity contribution >= 4 is 15.9 Å². The van der Waals surface area contributed by atoms with E-state index < -0.39 is 10.0 Å². The van der Waals surface area contributed by atoms with E-state index in [0.717, 1.165) is 27.3 Å². The van der Waals surface area contributed by atoms with Crippen LogP contribution in [0, 0.1) is 6.92 Å². The molecule has 0 aliphatic rings. The zero-order valence-corrected chi connectivity index (χ0v) is 18.8. The molecule has 30 heavy (non-hydrogen) atoms. The standard InChI is InChI=1S/C22H30N2O5S/c1-5-28-20-12-11-19(13-21(20)29-6-2)14-23-22(25)16-24(30(4,26)27)15-18-9-7-17(3)8-10-18/h7-13H,5-6,14-16H2,1-4H3,(H,23,25). The molecule has 2 aromatic rings. The molecule has 0 aliphatic carbocycles. The highest BCUT2D eigenvalue weighted by Crippen LogP contribution is 2.28. The number of carbonyl (C=O) groups is 1. The minimum atomic E-state index is -3.54. The summed E-state index contributed by atoms with van der Waals surface area (Å²) in [6, 6.07) is 13.0. The Morgan fingerprint density at radius 1 is 0.967 bits per heavy atom. The number of aryl methyl sites for hydroxylation is 1. The van der Waals surface area contributed by atoms with Gasteiger partial charge in [0, 0.05) is 13.1 Å². The average Bonchev–Trinajstić information content (AvgIpc) is 2.69. The minimum absolute atomic E-state index is 0.143. The first kappa shape index (κ1) is 23.7. The minimum Gasteiger partial charge on any atom is -0.490 e. The van der Waals surface area contributed by atoms with Gasteiger partial charge in [-0.05, 0) is 44.0 Å². The Labute approximate surface area is 179 Å². The van der Waals surface area contributed by atoms with E-state index in [4.69, 9.17) is 9.47 Å². The van der Waals surface area contributed by atoms with E-state index in [2.05, 4.69) is 5.32 Å². The smallest absolute Gasteiger partial charge is 0.235 e. The largest absolute Gasteiger partial charge is 0.490 e. The number of rotatable bonds is 11. The lowest BCUT2D eigenvalue weighted by Crippen LogP contribution is -2.39. The van der Waals surface area contributed by atoms with Crippen LogP contribution in [-0.2, 0) is 27.9 Å². The molecule has 0 saturated carbocycles. The zero-order valence-electron chi connectivity index (χ0n) is 18.0. The van der Waals surface area contributed by atoms with E-state index in [-0.39, 0.29) is 25.5 Å². The molecule has 0 aromatic heterocycles. The van der Waals surface area contributed by atoms with Crippen molar-refractivity contribution in [1.82, 2.24) is 9.62 Å². The number of nitrogens with zero attached hydrogens (tertiary/aromatic N) is 1. The fourth-order valence-electron chi connectivity index (χ4n) is 2.81. The van der Waals surface area contributed by atoms with Crippen molar-refractivity contribution in [2.24, 2.45) is 0 Å². The first-order chi connectivity index (χ1) is 14.2. The summed E-state index contributed by atoms with van der Waals surface area (Å²) in [7, 11) is -3.54. The average molecular weight is 435 g/mol. The normalized spacial score (nSPS) is 11.4. The predicted octanol–water partition coefficient (Wildman–Crippen LogP) is 2.87. The summed E-state index contributed by atoms with van der Waals surface area (Å²) < 4.78 is 36.6. The van der Waals surface area contributed by atoms with Gasteiger partial charge in [0.1, 0.15) is 0 Å². The zero-order chi connectivity index (χ0) is 22.1. The van der Waals surface area contributed by atoms with Gasteiger partial charge in [-0.2, -0.15) is 4.31 Å². The van der Waals surface area contributed by atoms with Crippen LogP contribution in [0.1, 0.15) is 30.5 Å². The van der Waals surface area contributed by atoms with Crippen LogP contribution in [0.3, 0.4) is 0 Å². The lowest BCUT2D eigenvalue weighted by Gasteiger charge is -2.20. The molecule has 1 amide bonds. The van der Waals surface area contributed by atoms with E-state index in [9.17, 15) is 13.2 Å². The van der Waals surface area contributed by atoms with Crippen LogP contribution < -0.4 is 14.8 Å². The van der Waals surface area contributed by atoms with E-state index in [1.54, 1.807) is 6.07 Å². The van der Waals surface area contributed by atoms with Gasteiger partial charge >= 0.3 is 0 Å². The number of nitrogens with one attached hydrogen (secondary N) is 1. The third kappa shape index (κ3) is 7.35. The summed E-state index contributed by atoms with van der Waals surface area (Å²) in [5, 5.41) is 2.78. The van der Waals surface area contributed by atoms with E-state index in [1.165, 1.54) is 0 Å². The molecule has 2 rings (SSSR count). The van der Waals surface area contributed by atoms with Crippen molar-refractivity contribution in [2.45, 2.75) is 33.9 Å². The molecular formula is C22H30N2O5S. The third-order valence-corrected chi connectivity index (χ3v) is 5.56. The lowest BCUT2D eigenvalue weighted by atomic mass is 10.1. The second kappa shape index (κ2) is 11.0. The second-order valence-corrected chi connectivity index (χ2v) is 8.92. The van der Waals surface area contributed by atoms with Gasteiger partial charge in [0.25, 0.3) is 0 Å². The van der Waals surface area contributed by atoms with Gasteiger partial charge in [0.2, 0.25) is 15.9 Å². The SMILES string of the molecule is CCOc1ccc(CNC(=O)CN(Cc2ccc(C)cc2)S(C)(=O)=O)cc1OCC. The second-order valence-electron chi connectivity index (χ2n) is 6.94. The summed E-state index contributed by atoms with van der Waals surface area (Å²) in [5.74, 6) is 0.887. The van der Waals surface area contributed by atoms with Crippen LogP contribution >= 0.6 is 0 Å². The third-order valence-electron chi connectivity index (χ3n) is 4.37. The summed E-state index contributed by atoms with van der Waals surface area (Å²) in [4.78, 5) is 12.4. The topological polar surface area (TPSA) is 84.9 Å². The van der Waals surface area contributed by atoms with Crippen molar-refractivity contribution in [3.8, 4) is 11.5 Å². The first-order valence-corrected chi connectivity index (χ1v) is 11.7. The van der Waals surface area contributed by atoms with Crippen LogP contribution in [-0.4, -0.2) is 44.6 Å². The quantitative estimate of drug-likeness (QED) is 0.588. The van der Waals surface area contributed by atoms with Crippen LogP contribution in [0.15, 0.2) is 42.5 Å². The van der Waals surface area contributed by atoms with Crippen LogP contribution in [0.4, 0.5) is 0 Å². The summed E-state index contributed by atoms with van der Waals surface area (Å²) in [6.45, 7) is 6.92. The fourth-order valence-corrected chi connectivity index (χ4v) is 3.55. The molecular weight excluding hydrogens is 404 g/mol. The number of amides is 1. The number of hydrogen-bond acceptors (Lipinski definition) is 5. The van der Waals surface area contributed by atoms with Crippen LogP contribution in [0.25, 0.3) is 0 Å². The number of carbonyl (C=O) groups excluding carboxylic acids is 1. The number of hydrogen-bond donors (Lipinski definition) is 1. The monoisotopic (exact) mass is 434 g/mol. The number of benzene rings is 2. The molecule has 164 valence electrons. The molecule has 0 radical (unpaired) electrons. The molecule has 0 saturated heterocycles. The Balaban J connectivity index is 2.01. The Hall–Kier alpha value is -2.58. The Bertz CT molecular complexity index is 943. The van der Waals surface area contributed by atoms with Gasteiger partial charge in [-0.25, -0.2) is 8.42 Å². The molecule has 0 fully saturated rings. The van der Waals surface area contributed by atoms with Gasteiger partial charge in [-0.1, -0.05) is 35.9 Å². The highest BCUT2D eigenvalue weighted by atomic mass is 32.2. The Morgan fingerprint density at radius 3 is 2.17 bits per heavy atom. The highest BCUT2D eigenvalue weighted by Gasteiger charge is 2.20. The molecule has 8 heteroatoms. The highest BCUT2D eigenvalue weighted by molar-refractivity contribution is 7.88. The molecule has 7 nitrogen and oxygen atoms in total. The Morgan fingerprint density at radius 2 is 1.57 bits per heavy atom. The maximum atomic E-state index is 12.4. The maximum Gasteiger partial charge on any atom is 0.235 e. The molecule has 0 heterocycles. The van der Waals surface area contributed by atoms with Gasteiger partial charge in [0.15, 0.2) is 11.5 Å². The summed E-state index contributed by atoms with van der Waals surface area (Å²) in [6.07, 6.45) is 1.11. The molecule has 1 N–H and O–H groups in total. The lowest BCUT2D eigenvalue weighted by molar-refractivity contribution is -0.121. The van der Waals surface area contributed by atoms with E-state index in [1.807, 2.05) is 57.2 Å². The molecule has 0 spiro atoms. The summed E-state index contributed by atoms with van der Waals surface area (Å²) in [5.41, 5.74) is 2.75. The molecule has 0 bridgehead atoms. The van der Waals surface area contributed by atoms with Crippen molar-refractivity contribution in [1.29, 1.82) is 0 Å². The van der Waals surface area contributed by atoms with Crippen molar-refractivity contribution in [3.63, 3.8) is 0 Å². The van der Waals surface area contributed by atoms with Crippen molar-refractivity contribution in [3.05, 3.63) is 59.2 Å². The van der Waals surface area contributed by atoms with Crippen molar-refractivity contribution in [2.75, 3.05) is 26.0 Å². The molecule has 0 aliphatic heterocycles. The molecule has 2 aromatic carbocycles. The van der Waals surface area contributed by atoms with Crippen molar-refractivity contribution < 1.29 is 22.7 Å². The molecule has 0 atom stereocenters. The van der Waals surface area contributed by atoms with E-state index >= 15 is 0 Å². The summed E-state index contributed by atoms with van der Waals surface area (Å²) >= 11 is 0. The van der Waals surface area contributed by atoms with Crippen LogP contribution in [0.5, 0.6) is 11.5 Å². The fraction of sp³-hybridized carbons (Fsp3) is 0.409. The van der Waals surface area contributed by atoms with Crippen LogP contribution in [0.2, 0.25) is 0 Å².